The van der Waals surface area contributed by atoms with E-state index >= 15 is 0 Å². The Bertz CT molecular complexity index is 580. The summed E-state index contributed by atoms with van der Waals surface area (Å²) in [7, 11) is -3.43. The van der Waals surface area contributed by atoms with E-state index in [4.69, 9.17) is 0 Å². The van der Waals surface area contributed by atoms with Crippen molar-refractivity contribution in [2.45, 2.75) is 19.9 Å². The maximum Gasteiger partial charge on any atom is 0.279 e. The molecule has 1 aromatic heterocycles. The largest absolute Gasteiger partial charge is 0.301 e. The van der Waals surface area contributed by atoms with Gasteiger partial charge in [0.1, 0.15) is 0 Å². The van der Waals surface area contributed by atoms with Gasteiger partial charge in [-0.15, -0.1) is 11.3 Å². The van der Waals surface area contributed by atoms with Gasteiger partial charge in [0.25, 0.3) is 10.2 Å². The van der Waals surface area contributed by atoms with Gasteiger partial charge in [0.2, 0.25) is 5.91 Å². The first kappa shape index (κ1) is 17.3. The van der Waals surface area contributed by atoms with Crippen LogP contribution >= 0.6 is 11.3 Å². The number of aromatic nitrogens is 1. The Morgan fingerprint density at radius 2 is 2.05 bits per heavy atom. The Balaban J connectivity index is 1.78. The summed E-state index contributed by atoms with van der Waals surface area (Å²) in [5.74, 6) is -0.133. The maximum absolute atomic E-state index is 12.0. The SMILES string of the molecule is CC(C)NS(=O)(=O)N1CCN(CC(=O)Nc2nccs2)CC1. The summed E-state index contributed by atoms with van der Waals surface area (Å²) in [6.07, 6.45) is 1.63. The van der Waals surface area contributed by atoms with Gasteiger partial charge in [0.15, 0.2) is 5.13 Å². The summed E-state index contributed by atoms with van der Waals surface area (Å²) >= 11 is 1.37. The third kappa shape index (κ3) is 4.99. The second kappa shape index (κ2) is 7.47. The number of thiazole rings is 1. The Kier molecular flexibility index (Phi) is 5.87. The van der Waals surface area contributed by atoms with Crippen LogP contribution in [0.1, 0.15) is 13.8 Å². The van der Waals surface area contributed by atoms with E-state index in [1.165, 1.54) is 15.6 Å². The van der Waals surface area contributed by atoms with Crippen LogP contribution in [-0.4, -0.2) is 67.3 Å². The van der Waals surface area contributed by atoms with Crippen LogP contribution in [0.15, 0.2) is 11.6 Å². The van der Waals surface area contributed by atoms with E-state index in [0.717, 1.165) is 0 Å². The molecule has 2 N–H and O–H groups in total. The molecule has 124 valence electrons. The quantitative estimate of drug-likeness (QED) is 0.752. The number of hydrogen-bond acceptors (Lipinski definition) is 6. The highest BCUT2D eigenvalue weighted by molar-refractivity contribution is 7.87. The summed E-state index contributed by atoms with van der Waals surface area (Å²) in [4.78, 5) is 17.8. The number of carbonyl (C=O) groups excluding carboxylic acids is 1. The molecule has 22 heavy (non-hydrogen) atoms. The predicted octanol–water partition coefficient (Wildman–Crippen LogP) is -0.0580. The fourth-order valence-electron chi connectivity index (χ4n) is 2.15. The first-order chi connectivity index (χ1) is 10.4. The molecule has 8 nitrogen and oxygen atoms in total. The van der Waals surface area contributed by atoms with Gasteiger partial charge in [0, 0.05) is 43.8 Å². The molecule has 1 amide bonds. The van der Waals surface area contributed by atoms with Crippen LogP contribution in [0.3, 0.4) is 0 Å². The maximum atomic E-state index is 12.0. The van der Waals surface area contributed by atoms with Crippen LogP contribution in [0.4, 0.5) is 5.13 Å². The van der Waals surface area contributed by atoms with Gasteiger partial charge in [-0.05, 0) is 13.8 Å². The smallest absolute Gasteiger partial charge is 0.279 e. The van der Waals surface area contributed by atoms with Gasteiger partial charge >= 0.3 is 0 Å². The van der Waals surface area contributed by atoms with Crippen LogP contribution in [0, 0.1) is 0 Å². The third-order valence-electron chi connectivity index (χ3n) is 3.10. The molecule has 2 heterocycles. The lowest BCUT2D eigenvalue weighted by Crippen LogP contribution is -2.54. The minimum Gasteiger partial charge on any atom is -0.301 e. The van der Waals surface area contributed by atoms with Gasteiger partial charge in [0.05, 0.1) is 6.54 Å². The van der Waals surface area contributed by atoms with E-state index in [0.29, 0.717) is 31.3 Å². The Morgan fingerprint density at radius 1 is 1.36 bits per heavy atom. The number of nitrogens with one attached hydrogen (secondary N) is 2. The topological polar surface area (TPSA) is 94.6 Å². The molecule has 0 radical (unpaired) electrons. The second-order valence-electron chi connectivity index (χ2n) is 5.34. The van der Waals surface area contributed by atoms with Gasteiger partial charge in [-0.1, -0.05) is 0 Å². The molecule has 1 fully saturated rings. The number of nitrogens with zero attached hydrogens (tertiary/aromatic N) is 3. The molecule has 0 unspecified atom stereocenters. The van der Waals surface area contributed by atoms with Crippen molar-refractivity contribution in [1.29, 1.82) is 0 Å². The van der Waals surface area contributed by atoms with Crippen molar-refractivity contribution in [2.75, 3.05) is 38.0 Å². The molecule has 1 aliphatic heterocycles. The van der Waals surface area contributed by atoms with Crippen molar-refractivity contribution in [3.63, 3.8) is 0 Å². The van der Waals surface area contributed by atoms with Gasteiger partial charge in [-0.2, -0.15) is 17.4 Å². The minimum atomic E-state index is -3.43. The highest BCUT2D eigenvalue weighted by Crippen LogP contribution is 2.11. The Hall–Kier alpha value is -1.07. The highest BCUT2D eigenvalue weighted by Gasteiger charge is 2.27. The monoisotopic (exact) mass is 347 g/mol. The molecule has 0 atom stereocenters. The Labute approximate surface area is 134 Å². The third-order valence-corrected chi connectivity index (χ3v) is 5.60. The molecule has 1 aliphatic rings. The molecule has 0 spiro atoms. The van der Waals surface area contributed by atoms with Crippen LogP contribution in [0.5, 0.6) is 0 Å². The van der Waals surface area contributed by atoms with Crippen molar-refractivity contribution >= 4 is 32.6 Å². The first-order valence-electron chi connectivity index (χ1n) is 7.06. The molecule has 0 bridgehead atoms. The number of piperazine rings is 1. The molecule has 0 aromatic carbocycles. The van der Waals surface area contributed by atoms with Gasteiger partial charge < -0.3 is 5.32 Å². The number of hydrogen-bond donors (Lipinski definition) is 2. The molecule has 0 aliphatic carbocycles. The van der Waals surface area contributed by atoms with Crippen molar-refractivity contribution in [3.8, 4) is 0 Å². The van der Waals surface area contributed by atoms with E-state index < -0.39 is 10.2 Å². The molecule has 1 saturated heterocycles. The summed E-state index contributed by atoms with van der Waals surface area (Å²) in [6.45, 7) is 5.65. The fourth-order valence-corrected chi connectivity index (χ4v) is 4.08. The summed E-state index contributed by atoms with van der Waals surface area (Å²) < 4.78 is 28.1. The molecular formula is C12H21N5O3S2. The molecule has 0 saturated carbocycles. The van der Waals surface area contributed by atoms with E-state index in [2.05, 4.69) is 15.0 Å². The average molecular weight is 347 g/mol. The Morgan fingerprint density at radius 3 is 2.59 bits per heavy atom. The standard InChI is InChI=1S/C12H21N5O3S2/c1-10(2)15-22(19,20)17-6-4-16(5-7-17)9-11(18)14-12-13-3-8-21-12/h3,8,10,15H,4-7,9H2,1-2H3,(H,13,14,18). The summed E-state index contributed by atoms with van der Waals surface area (Å²) in [5, 5.41) is 5.09. The van der Waals surface area contributed by atoms with E-state index in [-0.39, 0.29) is 18.5 Å². The van der Waals surface area contributed by atoms with Gasteiger partial charge in [-0.25, -0.2) is 4.98 Å². The number of rotatable bonds is 6. The van der Waals surface area contributed by atoms with E-state index in [1.54, 1.807) is 25.4 Å². The lowest BCUT2D eigenvalue weighted by molar-refractivity contribution is -0.117. The van der Waals surface area contributed by atoms with Crippen molar-refractivity contribution in [2.24, 2.45) is 0 Å². The molecule has 2 rings (SSSR count). The van der Waals surface area contributed by atoms with E-state index in [1.807, 2.05) is 4.90 Å². The zero-order valence-electron chi connectivity index (χ0n) is 12.7. The lowest BCUT2D eigenvalue weighted by Gasteiger charge is -2.33. The zero-order valence-corrected chi connectivity index (χ0v) is 14.3. The van der Waals surface area contributed by atoms with E-state index in [9.17, 15) is 13.2 Å². The lowest BCUT2D eigenvalue weighted by atomic mass is 10.3. The zero-order chi connectivity index (χ0) is 16.2. The number of carbonyl (C=O) groups is 1. The van der Waals surface area contributed by atoms with Crippen LogP contribution < -0.4 is 10.0 Å². The second-order valence-corrected chi connectivity index (χ2v) is 7.94. The number of amides is 1. The first-order valence-corrected chi connectivity index (χ1v) is 9.38. The van der Waals surface area contributed by atoms with Crippen molar-refractivity contribution in [1.82, 2.24) is 18.9 Å². The van der Waals surface area contributed by atoms with Crippen LogP contribution in [-0.2, 0) is 15.0 Å². The van der Waals surface area contributed by atoms with Crippen molar-refractivity contribution < 1.29 is 13.2 Å². The average Bonchev–Trinajstić information content (AvgIpc) is 2.90. The predicted molar refractivity (Wildman–Crippen MR) is 85.9 cm³/mol. The summed E-state index contributed by atoms with van der Waals surface area (Å²) in [6, 6.07) is -0.132. The molecular weight excluding hydrogens is 326 g/mol. The van der Waals surface area contributed by atoms with Crippen LogP contribution in [0.25, 0.3) is 0 Å². The minimum absolute atomic E-state index is 0.132. The number of anilines is 1. The van der Waals surface area contributed by atoms with Crippen molar-refractivity contribution in [3.05, 3.63) is 11.6 Å². The van der Waals surface area contributed by atoms with Crippen LogP contribution in [0.2, 0.25) is 0 Å². The molecule has 10 heteroatoms. The highest BCUT2D eigenvalue weighted by atomic mass is 32.2. The summed E-state index contributed by atoms with van der Waals surface area (Å²) in [5.41, 5.74) is 0. The van der Waals surface area contributed by atoms with Gasteiger partial charge in [-0.3, -0.25) is 9.69 Å². The molecule has 1 aromatic rings. The fraction of sp³-hybridized carbons (Fsp3) is 0.667. The normalized spacial score (nSPS) is 17.8.